The average Bonchev–Trinajstić information content (AvgIpc) is 3.01. The molecule has 3 aliphatic heterocycles. The van der Waals surface area contributed by atoms with Crippen LogP contribution in [0.15, 0.2) is 30.3 Å². The number of benzene rings is 1. The summed E-state index contributed by atoms with van der Waals surface area (Å²) in [5.74, 6) is 0.529. The number of piperidine rings is 1. The van der Waals surface area contributed by atoms with E-state index in [4.69, 9.17) is 18.9 Å². The summed E-state index contributed by atoms with van der Waals surface area (Å²) < 4.78 is 22.9. The Bertz CT molecular complexity index is 1110. The lowest BCUT2D eigenvalue weighted by molar-refractivity contribution is -0.0533. The number of rotatable bonds is 9. The molecule has 0 radical (unpaired) electrons. The van der Waals surface area contributed by atoms with Gasteiger partial charge in [0.05, 0.1) is 32.0 Å². The van der Waals surface area contributed by atoms with E-state index in [-0.39, 0.29) is 36.3 Å². The van der Waals surface area contributed by atoms with Gasteiger partial charge in [0.2, 0.25) is 0 Å². The largest absolute Gasteiger partial charge is 0.467 e. The molecule has 4 heterocycles. The summed E-state index contributed by atoms with van der Waals surface area (Å²) in [6.45, 7) is 5.21. The van der Waals surface area contributed by atoms with Crippen molar-refractivity contribution in [2.45, 2.75) is 75.8 Å². The molecule has 5 rings (SSSR count). The minimum Gasteiger partial charge on any atom is -0.467 e. The number of hydrogen-bond donors (Lipinski definition) is 2. The number of anilines is 1. The number of carbonyl (C=O) groups excluding carboxylic acids is 1. The number of likely N-dealkylation sites (tertiary alicyclic amines) is 1. The van der Waals surface area contributed by atoms with Crippen LogP contribution in [0.3, 0.4) is 0 Å². The SMILES string of the molecule is COc1nc(NC[C@H]2CCC[C@@H](c3ccccc3)O2)c(C)c(C(=O)N2CCC(N[C@@H]3CCOC[C@@H]3OC)CC2)n1. The van der Waals surface area contributed by atoms with Gasteiger partial charge in [0.25, 0.3) is 5.91 Å². The zero-order valence-corrected chi connectivity index (χ0v) is 23.9. The Kier molecular flexibility index (Phi) is 9.85. The summed E-state index contributed by atoms with van der Waals surface area (Å²) in [5.41, 5.74) is 2.33. The van der Waals surface area contributed by atoms with Crippen LogP contribution in [0.25, 0.3) is 0 Å². The van der Waals surface area contributed by atoms with E-state index in [1.807, 2.05) is 17.9 Å². The third-order valence-corrected chi connectivity index (χ3v) is 8.37. The van der Waals surface area contributed by atoms with E-state index in [1.165, 1.54) is 12.7 Å². The fraction of sp³-hybridized carbons (Fsp3) is 0.633. The monoisotopic (exact) mass is 553 g/mol. The lowest BCUT2D eigenvalue weighted by Gasteiger charge is -2.38. The molecule has 0 saturated carbocycles. The molecule has 0 bridgehead atoms. The molecule has 1 amide bonds. The first-order chi connectivity index (χ1) is 19.6. The molecule has 3 fully saturated rings. The molecule has 1 aromatic heterocycles. The molecule has 10 heteroatoms. The lowest BCUT2D eigenvalue weighted by Crippen LogP contribution is -2.54. The maximum Gasteiger partial charge on any atom is 0.318 e. The molecule has 0 unspecified atom stereocenters. The number of nitrogens with one attached hydrogen (secondary N) is 2. The highest BCUT2D eigenvalue weighted by molar-refractivity contribution is 5.95. The van der Waals surface area contributed by atoms with Gasteiger partial charge in [0.1, 0.15) is 11.5 Å². The minimum atomic E-state index is -0.0846. The van der Waals surface area contributed by atoms with E-state index in [0.29, 0.717) is 43.8 Å². The predicted molar refractivity (Wildman–Crippen MR) is 152 cm³/mol. The summed E-state index contributed by atoms with van der Waals surface area (Å²) in [5, 5.41) is 7.18. The molecular formula is C30H43N5O5. The molecule has 40 heavy (non-hydrogen) atoms. The third kappa shape index (κ3) is 6.91. The normalized spacial score (nSPS) is 25.9. The van der Waals surface area contributed by atoms with Crippen LogP contribution in [-0.4, -0.2) is 92.1 Å². The number of ether oxygens (including phenoxy) is 4. The van der Waals surface area contributed by atoms with E-state index >= 15 is 0 Å². The van der Waals surface area contributed by atoms with Crippen molar-refractivity contribution in [3.63, 3.8) is 0 Å². The van der Waals surface area contributed by atoms with Gasteiger partial charge in [0, 0.05) is 51.0 Å². The third-order valence-electron chi connectivity index (χ3n) is 8.37. The van der Waals surface area contributed by atoms with Crippen LogP contribution in [0.2, 0.25) is 0 Å². The van der Waals surface area contributed by atoms with E-state index < -0.39 is 0 Å². The van der Waals surface area contributed by atoms with Gasteiger partial charge in [-0.2, -0.15) is 9.97 Å². The highest BCUT2D eigenvalue weighted by atomic mass is 16.5. The topological polar surface area (TPSA) is 107 Å². The van der Waals surface area contributed by atoms with Crippen LogP contribution < -0.4 is 15.4 Å². The van der Waals surface area contributed by atoms with Gasteiger partial charge in [0.15, 0.2) is 0 Å². The molecule has 3 aliphatic rings. The first kappa shape index (κ1) is 28.7. The Morgan fingerprint density at radius 1 is 1.07 bits per heavy atom. The standard InChI is InChI=1S/C30H43N5O5/c1-20-27(29(36)35-15-12-22(13-16-35)32-24-14-17-39-19-26(24)37-2)33-30(38-3)34-28(20)31-18-23-10-7-11-25(40-23)21-8-5-4-6-9-21/h4-6,8-9,22-26,32H,7,10-19H2,1-3H3,(H,31,33,34)/t23-,24-,25+,26+/m1/s1. The molecule has 218 valence electrons. The Morgan fingerprint density at radius 2 is 1.88 bits per heavy atom. The van der Waals surface area contributed by atoms with Crippen molar-refractivity contribution in [2.24, 2.45) is 0 Å². The fourth-order valence-electron chi connectivity index (χ4n) is 5.98. The summed E-state index contributed by atoms with van der Waals surface area (Å²) >= 11 is 0. The van der Waals surface area contributed by atoms with Gasteiger partial charge in [-0.3, -0.25) is 4.79 Å². The van der Waals surface area contributed by atoms with Gasteiger partial charge >= 0.3 is 6.01 Å². The lowest BCUT2D eigenvalue weighted by atomic mass is 9.98. The van der Waals surface area contributed by atoms with Gasteiger partial charge in [-0.15, -0.1) is 0 Å². The first-order valence-electron chi connectivity index (χ1n) is 14.6. The second-order valence-corrected chi connectivity index (χ2v) is 11.0. The number of amides is 1. The summed E-state index contributed by atoms with van der Waals surface area (Å²) in [6, 6.07) is 11.2. The van der Waals surface area contributed by atoms with Crippen LogP contribution in [0.4, 0.5) is 5.82 Å². The van der Waals surface area contributed by atoms with E-state index in [9.17, 15) is 4.79 Å². The molecule has 10 nitrogen and oxygen atoms in total. The zero-order chi connectivity index (χ0) is 27.9. The molecule has 2 aromatic rings. The number of methoxy groups -OCH3 is 2. The molecule has 0 spiro atoms. The average molecular weight is 554 g/mol. The highest BCUT2D eigenvalue weighted by Crippen LogP contribution is 2.31. The van der Waals surface area contributed by atoms with Crippen molar-refractivity contribution >= 4 is 11.7 Å². The second-order valence-electron chi connectivity index (χ2n) is 11.0. The molecule has 1 aromatic carbocycles. The predicted octanol–water partition coefficient (Wildman–Crippen LogP) is 3.51. The van der Waals surface area contributed by atoms with Gasteiger partial charge in [-0.25, -0.2) is 0 Å². The van der Waals surface area contributed by atoms with Crippen LogP contribution >= 0.6 is 0 Å². The molecule has 4 atom stereocenters. The van der Waals surface area contributed by atoms with Crippen molar-refractivity contribution < 1.29 is 23.7 Å². The number of nitrogens with zero attached hydrogens (tertiary/aromatic N) is 3. The zero-order valence-electron chi connectivity index (χ0n) is 23.9. The minimum absolute atomic E-state index is 0.0541. The van der Waals surface area contributed by atoms with Gasteiger partial charge < -0.3 is 34.5 Å². The highest BCUT2D eigenvalue weighted by Gasteiger charge is 2.32. The maximum atomic E-state index is 13.6. The van der Waals surface area contributed by atoms with Crippen molar-refractivity contribution in [1.82, 2.24) is 20.2 Å². The molecular weight excluding hydrogens is 510 g/mol. The van der Waals surface area contributed by atoms with Gasteiger partial charge in [-0.05, 0) is 51.0 Å². The Balaban J connectivity index is 1.19. The van der Waals surface area contributed by atoms with Crippen LogP contribution in [0.1, 0.15) is 66.2 Å². The van der Waals surface area contributed by atoms with Crippen molar-refractivity contribution in [3.05, 3.63) is 47.2 Å². The van der Waals surface area contributed by atoms with Crippen LogP contribution in [0.5, 0.6) is 6.01 Å². The molecule has 2 N–H and O–H groups in total. The fourth-order valence-corrected chi connectivity index (χ4v) is 5.98. The number of carbonyl (C=O) groups is 1. The summed E-state index contributed by atoms with van der Waals surface area (Å²) in [7, 11) is 3.26. The molecule has 0 aliphatic carbocycles. The molecule has 3 saturated heterocycles. The van der Waals surface area contributed by atoms with E-state index in [0.717, 1.165) is 50.7 Å². The van der Waals surface area contributed by atoms with Crippen molar-refractivity contribution in [3.8, 4) is 6.01 Å². The Hall–Kier alpha value is -2.79. The number of hydrogen-bond acceptors (Lipinski definition) is 9. The van der Waals surface area contributed by atoms with E-state index in [1.54, 1.807) is 7.11 Å². The van der Waals surface area contributed by atoms with E-state index in [2.05, 4.69) is 44.9 Å². The summed E-state index contributed by atoms with van der Waals surface area (Å²) in [4.78, 5) is 24.5. The Morgan fingerprint density at radius 3 is 2.62 bits per heavy atom. The smallest absolute Gasteiger partial charge is 0.318 e. The summed E-state index contributed by atoms with van der Waals surface area (Å²) in [6.07, 6.45) is 6.03. The quantitative estimate of drug-likeness (QED) is 0.482. The van der Waals surface area contributed by atoms with Crippen LogP contribution in [0, 0.1) is 6.92 Å². The Labute approximate surface area is 237 Å². The van der Waals surface area contributed by atoms with Gasteiger partial charge in [-0.1, -0.05) is 30.3 Å². The van der Waals surface area contributed by atoms with Crippen molar-refractivity contribution in [2.75, 3.05) is 52.4 Å². The second kappa shape index (κ2) is 13.7. The van der Waals surface area contributed by atoms with Crippen LogP contribution in [-0.2, 0) is 14.2 Å². The first-order valence-corrected chi connectivity index (χ1v) is 14.6. The maximum absolute atomic E-state index is 13.6. The van der Waals surface area contributed by atoms with Crippen molar-refractivity contribution in [1.29, 1.82) is 0 Å². The number of aromatic nitrogens is 2.